The van der Waals surface area contributed by atoms with Crippen LogP contribution in [0.1, 0.15) is 10.3 Å². The molecule has 0 atom stereocenters. The minimum Gasteiger partial charge on any atom is -0.396 e. The van der Waals surface area contributed by atoms with Crippen LogP contribution in [0.25, 0.3) is 0 Å². The van der Waals surface area contributed by atoms with Crippen LogP contribution in [0.5, 0.6) is 0 Å². The van der Waals surface area contributed by atoms with E-state index in [1.54, 1.807) is 29.7 Å². The standard InChI is InChI=1S/C8H14N2O2S2.ClH/c11-3-5-13-8(14-6-4-12)7-1-2-9-10-7;/h1-2,8,11-12H,3-6H2,(H,9,10);1H. The van der Waals surface area contributed by atoms with Crippen molar-refractivity contribution in [3.8, 4) is 0 Å². The number of thioether (sulfide) groups is 2. The molecule has 0 aliphatic rings. The van der Waals surface area contributed by atoms with Crippen molar-refractivity contribution >= 4 is 35.9 Å². The van der Waals surface area contributed by atoms with E-state index in [9.17, 15) is 0 Å². The summed E-state index contributed by atoms with van der Waals surface area (Å²) in [4.78, 5) is 0. The summed E-state index contributed by atoms with van der Waals surface area (Å²) in [5.74, 6) is 1.39. The van der Waals surface area contributed by atoms with Gasteiger partial charge in [-0.3, -0.25) is 5.10 Å². The summed E-state index contributed by atoms with van der Waals surface area (Å²) >= 11 is 3.30. The molecule has 0 aromatic carbocycles. The number of aromatic amines is 1. The predicted molar refractivity (Wildman–Crippen MR) is 67.7 cm³/mol. The van der Waals surface area contributed by atoms with Crippen molar-refractivity contribution < 1.29 is 10.2 Å². The number of aromatic nitrogens is 2. The lowest BCUT2D eigenvalue weighted by atomic mass is 10.5. The van der Waals surface area contributed by atoms with Crippen LogP contribution >= 0.6 is 35.9 Å². The highest BCUT2D eigenvalue weighted by Crippen LogP contribution is 2.37. The number of rotatable bonds is 7. The van der Waals surface area contributed by atoms with Gasteiger partial charge in [-0.15, -0.1) is 35.9 Å². The van der Waals surface area contributed by atoms with Gasteiger partial charge in [-0.1, -0.05) is 0 Å². The third-order valence-electron chi connectivity index (χ3n) is 1.50. The minimum absolute atomic E-state index is 0. The molecule has 15 heavy (non-hydrogen) atoms. The third-order valence-corrected chi connectivity index (χ3v) is 4.26. The molecule has 7 heteroatoms. The van der Waals surface area contributed by atoms with Crippen LogP contribution in [0, 0.1) is 0 Å². The molecule has 0 fully saturated rings. The Morgan fingerprint density at radius 3 is 2.27 bits per heavy atom. The molecule has 1 aromatic heterocycles. The van der Waals surface area contributed by atoms with Gasteiger partial charge < -0.3 is 10.2 Å². The Balaban J connectivity index is 0.00000196. The molecule has 4 nitrogen and oxygen atoms in total. The zero-order valence-electron chi connectivity index (χ0n) is 8.13. The largest absolute Gasteiger partial charge is 0.396 e. The van der Waals surface area contributed by atoms with E-state index < -0.39 is 0 Å². The number of aliphatic hydroxyl groups excluding tert-OH is 2. The maximum atomic E-state index is 8.73. The summed E-state index contributed by atoms with van der Waals surface area (Å²) < 4.78 is 0.219. The molecular weight excluding hydrogens is 256 g/mol. The first-order valence-corrected chi connectivity index (χ1v) is 6.42. The molecule has 0 saturated heterocycles. The van der Waals surface area contributed by atoms with Crippen molar-refractivity contribution in [3.05, 3.63) is 18.0 Å². The Morgan fingerprint density at radius 2 is 1.87 bits per heavy atom. The summed E-state index contributed by atoms with van der Waals surface area (Å²) in [6, 6.07) is 1.92. The summed E-state index contributed by atoms with van der Waals surface area (Å²) in [6.45, 7) is 0.351. The lowest BCUT2D eigenvalue weighted by Crippen LogP contribution is -1.97. The monoisotopic (exact) mass is 270 g/mol. The van der Waals surface area contributed by atoms with Crippen molar-refractivity contribution in [1.82, 2.24) is 10.2 Å². The number of aliphatic hydroxyl groups is 2. The number of hydrogen-bond acceptors (Lipinski definition) is 5. The molecule has 0 amide bonds. The van der Waals surface area contributed by atoms with E-state index in [1.165, 1.54) is 0 Å². The molecule has 0 spiro atoms. The zero-order valence-corrected chi connectivity index (χ0v) is 10.6. The van der Waals surface area contributed by atoms with Crippen LogP contribution in [0.4, 0.5) is 0 Å². The molecule has 0 aliphatic carbocycles. The molecule has 0 saturated carbocycles. The van der Waals surface area contributed by atoms with Crippen molar-refractivity contribution in [2.24, 2.45) is 0 Å². The normalized spacial score (nSPS) is 10.3. The average Bonchev–Trinajstić information content (AvgIpc) is 2.71. The second-order valence-electron chi connectivity index (χ2n) is 2.53. The Hall–Kier alpha value is 0.120. The van der Waals surface area contributed by atoms with E-state index in [0.717, 1.165) is 5.69 Å². The zero-order chi connectivity index (χ0) is 10.2. The fourth-order valence-electron chi connectivity index (χ4n) is 0.945. The van der Waals surface area contributed by atoms with E-state index in [1.807, 2.05) is 6.07 Å². The van der Waals surface area contributed by atoms with E-state index >= 15 is 0 Å². The van der Waals surface area contributed by atoms with Gasteiger partial charge in [0.05, 0.1) is 23.5 Å². The second-order valence-corrected chi connectivity index (χ2v) is 5.26. The summed E-state index contributed by atoms with van der Waals surface area (Å²) in [5, 5.41) is 24.2. The molecule has 3 N–H and O–H groups in total. The Morgan fingerprint density at radius 1 is 1.27 bits per heavy atom. The molecule has 0 aliphatic heterocycles. The van der Waals surface area contributed by atoms with E-state index in [0.29, 0.717) is 11.5 Å². The first kappa shape index (κ1) is 15.1. The molecule has 1 heterocycles. The van der Waals surface area contributed by atoms with Crippen LogP contribution in [0.2, 0.25) is 0 Å². The summed E-state index contributed by atoms with van der Waals surface area (Å²) in [7, 11) is 0. The Bertz CT molecular complexity index is 229. The lowest BCUT2D eigenvalue weighted by Gasteiger charge is -2.12. The SMILES string of the molecule is Cl.OCCSC(SCCO)c1ccn[nH]1. The molecule has 0 radical (unpaired) electrons. The van der Waals surface area contributed by atoms with Crippen molar-refractivity contribution in [1.29, 1.82) is 0 Å². The highest BCUT2D eigenvalue weighted by Gasteiger charge is 2.12. The van der Waals surface area contributed by atoms with Crippen LogP contribution in [-0.4, -0.2) is 45.1 Å². The van der Waals surface area contributed by atoms with Gasteiger partial charge in [0, 0.05) is 17.7 Å². The van der Waals surface area contributed by atoms with Crippen LogP contribution in [-0.2, 0) is 0 Å². The average molecular weight is 271 g/mol. The van der Waals surface area contributed by atoms with Crippen molar-refractivity contribution in [3.63, 3.8) is 0 Å². The van der Waals surface area contributed by atoms with Gasteiger partial charge in [-0.25, -0.2) is 0 Å². The van der Waals surface area contributed by atoms with Gasteiger partial charge in [0.25, 0.3) is 0 Å². The number of nitrogens with one attached hydrogen (secondary N) is 1. The topological polar surface area (TPSA) is 69.1 Å². The number of halogens is 1. The maximum Gasteiger partial charge on any atom is 0.0917 e. The fraction of sp³-hybridized carbons (Fsp3) is 0.625. The first-order valence-electron chi connectivity index (χ1n) is 4.32. The van der Waals surface area contributed by atoms with Gasteiger partial charge in [-0.2, -0.15) is 5.10 Å². The first-order chi connectivity index (χ1) is 6.88. The van der Waals surface area contributed by atoms with Gasteiger partial charge in [-0.05, 0) is 6.07 Å². The van der Waals surface area contributed by atoms with Crippen LogP contribution in [0.3, 0.4) is 0 Å². The summed E-state index contributed by atoms with van der Waals surface area (Å²) in [5.41, 5.74) is 1.03. The fourth-order valence-corrected chi connectivity index (χ4v) is 3.17. The molecular formula is C8H15ClN2O2S2. The quantitative estimate of drug-likeness (QED) is 0.652. The number of hydrogen-bond donors (Lipinski definition) is 3. The van der Waals surface area contributed by atoms with Crippen molar-refractivity contribution in [2.75, 3.05) is 24.7 Å². The number of H-pyrrole nitrogens is 1. The maximum absolute atomic E-state index is 8.73. The van der Waals surface area contributed by atoms with E-state index in [4.69, 9.17) is 10.2 Å². The van der Waals surface area contributed by atoms with Gasteiger partial charge in [0.1, 0.15) is 0 Å². The third kappa shape index (κ3) is 5.67. The van der Waals surface area contributed by atoms with Crippen LogP contribution < -0.4 is 0 Å². The molecule has 0 bridgehead atoms. The van der Waals surface area contributed by atoms with Gasteiger partial charge in [0.2, 0.25) is 0 Å². The molecule has 1 aromatic rings. The van der Waals surface area contributed by atoms with Gasteiger partial charge >= 0.3 is 0 Å². The molecule has 0 unspecified atom stereocenters. The van der Waals surface area contributed by atoms with Crippen LogP contribution in [0.15, 0.2) is 12.3 Å². The smallest absolute Gasteiger partial charge is 0.0917 e. The summed E-state index contributed by atoms with van der Waals surface area (Å²) in [6.07, 6.45) is 1.71. The Kier molecular flexibility index (Phi) is 9.43. The number of nitrogens with zero attached hydrogens (tertiary/aromatic N) is 1. The van der Waals surface area contributed by atoms with E-state index in [2.05, 4.69) is 10.2 Å². The lowest BCUT2D eigenvalue weighted by molar-refractivity contribution is 0.322. The van der Waals surface area contributed by atoms with E-state index in [-0.39, 0.29) is 30.2 Å². The molecule has 1 rings (SSSR count). The van der Waals surface area contributed by atoms with Crippen molar-refractivity contribution in [2.45, 2.75) is 4.58 Å². The minimum atomic E-state index is 0. The highest BCUT2D eigenvalue weighted by molar-refractivity contribution is 8.16. The Labute approximate surface area is 104 Å². The second kappa shape index (κ2) is 9.35. The molecule has 88 valence electrons. The highest BCUT2D eigenvalue weighted by atomic mass is 35.5. The van der Waals surface area contributed by atoms with Gasteiger partial charge in [0.15, 0.2) is 0 Å². The predicted octanol–water partition coefficient (Wildman–Crippen LogP) is 1.28.